The van der Waals surface area contributed by atoms with Crippen LogP contribution in [0.25, 0.3) is 0 Å². The lowest BCUT2D eigenvalue weighted by Gasteiger charge is -2.45. The molecular formula is C27H21NO4. The fourth-order valence-corrected chi connectivity index (χ4v) is 5.81. The highest BCUT2D eigenvalue weighted by molar-refractivity contribution is 6.09. The number of amides is 2. The molecular weight excluding hydrogens is 402 g/mol. The Morgan fingerprint density at radius 1 is 0.688 bits per heavy atom. The fraction of sp³-hybridized carbons (Fsp3) is 0.222. The Morgan fingerprint density at radius 2 is 1.12 bits per heavy atom. The smallest absolute Gasteiger partial charge is 0.326 e. The van der Waals surface area contributed by atoms with E-state index in [4.69, 9.17) is 4.74 Å². The van der Waals surface area contributed by atoms with Gasteiger partial charge in [-0.25, -0.2) is 0 Å². The van der Waals surface area contributed by atoms with Crippen LogP contribution in [-0.4, -0.2) is 29.2 Å². The van der Waals surface area contributed by atoms with Gasteiger partial charge in [-0.3, -0.25) is 19.3 Å². The molecule has 32 heavy (non-hydrogen) atoms. The molecule has 3 aliphatic carbocycles. The molecule has 0 aromatic heterocycles. The van der Waals surface area contributed by atoms with E-state index in [1.54, 1.807) is 0 Å². The Balaban J connectivity index is 1.30. The number of hydrogen-bond donors (Lipinski definition) is 0. The Kier molecular flexibility index (Phi) is 4.25. The molecule has 1 heterocycles. The molecule has 1 saturated heterocycles. The first-order valence-electron chi connectivity index (χ1n) is 10.9. The summed E-state index contributed by atoms with van der Waals surface area (Å²) in [5.74, 6) is -2.39. The number of nitrogens with zero attached hydrogens (tertiary/aromatic N) is 1. The van der Waals surface area contributed by atoms with E-state index < -0.39 is 17.8 Å². The van der Waals surface area contributed by atoms with Crippen molar-refractivity contribution in [2.45, 2.75) is 18.4 Å². The summed E-state index contributed by atoms with van der Waals surface area (Å²) in [6.45, 7) is -0.228. The van der Waals surface area contributed by atoms with Crippen molar-refractivity contribution >= 4 is 17.8 Å². The van der Waals surface area contributed by atoms with Gasteiger partial charge in [0.15, 0.2) is 0 Å². The van der Waals surface area contributed by atoms with Crippen LogP contribution in [0.3, 0.4) is 0 Å². The second-order valence-electron chi connectivity index (χ2n) is 8.67. The average molecular weight is 423 g/mol. The molecule has 0 unspecified atom stereocenters. The highest BCUT2D eigenvalue weighted by Gasteiger charge is 2.61. The molecule has 3 aromatic carbocycles. The monoisotopic (exact) mass is 423 g/mol. The van der Waals surface area contributed by atoms with Crippen LogP contribution < -0.4 is 0 Å². The van der Waals surface area contributed by atoms with Gasteiger partial charge in [-0.2, -0.15) is 0 Å². The van der Waals surface area contributed by atoms with Crippen molar-refractivity contribution in [3.63, 3.8) is 0 Å². The third kappa shape index (κ3) is 2.67. The maximum Gasteiger partial charge on any atom is 0.326 e. The molecule has 1 aliphatic heterocycles. The minimum Gasteiger partial charge on any atom is -0.459 e. The van der Waals surface area contributed by atoms with Crippen molar-refractivity contribution in [1.82, 2.24) is 4.90 Å². The second-order valence-corrected chi connectivity index (χ2v) is 8.67. The Hall–Kier alpha value is -3.73. The predicted octanol–water partition coefficient (Wildman–Crippen LogP) is 3.62. The minimum atomic E-state index is -0.573. The number of likely N-dealkylation sites (tertiary alicyclic amines) is 1. The molecule has 7 rings (SSSR count). The van der Waals surface area contributed by atoms with Crippen molar-refractivity contribution in [2.75, 3.05) is 6.54 Å². The zero-order valence-corrected chi connectivity index (χ0v) is 17.3. The predicted molar refractivity (Wildman–Crippen MR) is 117 cm³/mol. The van der Waals surface area contributed by atoms with Gasteiger partial charge in [-0.1, -0.05) is 78.9 Å². The van der Waals surface area contributed by atoms with Crippen LogP contribution in [0, 0.1) is 11.8 Å². The van der Waals surface area contributed by atoms with Crippen molar-refractivity contribution in [3.8, 4) is 0 Å². The quantitative estimate of drug-likeness (QED) is 0.475. The summed E-state index contributed by atoms with van der Waals surface area (Å²) in [4.78, 5) is 40.6. The van der Waals surface area contributed by atoms with E-state index >= 15 is 0 Å². The zero-order chi connectivity index (χ0) is 21.8. The minimum absolute atomic E-state index is 0.116. The lowest BCUT2D eigenvalue weighted by atomic mass is 9.55. The highest BCUT2D eigenvalue weighted by atomic mass is 16.5. The summed E-state index contributed by atoms with van der Waals surface area (Å²) in [6, 6.07) is 25.5. The summed E-state index contributed by atoms with van der Waals surface area (Å²) < 4.78 is 5.35. The zero-order valence-electron chi connectivity index (χ0n) is 17.3. The van der Waals surface area contributed by atoms with Gasteiger partial charge in [0.25, 0.3) is 0 Å². The number of ether oxygens (including phenoxy) is 1. The van der Waals surface area contributed by atoms with Crippen LogP contribution in [0.2, 0.25) is 0 Å². The maximum atomic E-state index is 13.5. The first-order valence-corrected chi connectivity index (χ1v) is 10.9. The lowest BCUT2D eigenvalue weighted by Crippen LogP contribution is -2.41. The summed E-state index contributed by atoms with van der Waals surface area (Å²) in [7, 11) is 0. The second kappa shape index (κ2) is 7.16. The Morgan fingerprint density at radius 3 is 1.59 bits per heavy atom. The van der Waals surface area contributed by atoms with Crippen LogP contribution >= 0.6 is 0 Å². The van der Waals surface area contributed by atoms with E-state index in [1.807, 2.05) is 54.6 Å². The topological polar surface area (TPSA) is 63.7 Å². The molecule has 2 atom stereocenters. The summed E-state index contributed by atoms with van der Waals surface area (Å²) in [5, 5.41) is 0. The standard InChI is InChI=1S/C27H21NO4/c29-21(32-15-16-8-2-1-3-9-16)14-28-26(30)24-22-17-10-4-5-11-18(17)23(25(24)27(28)31)20-13-7-6-12-19(20)22/h1-13,22-25H,14-15H2/t22?,23?,24-,25-/m0/s1. The van der Waals surface area contributed by atoms with Crippen molar-refractivity contribution in [3.05, 3.63) is 107 Å². The van der Waals surface area contributed by atoms with E-state index in [1.165, 1.54) is 0 Å². The molecule has 5 heteroatoms. The molecule has 0 saturated carbocycles. The Bertz CT molecular complexity index is 1140. The van der Waals surface area contributed by atoms with Crippen molar-refractivity contribution in [1.29, 1.82) is 0 Å². The van der Waals surface area contributed by atoms with E-state index in [2.05, 4.69) is 24.3 Å². The molecule has 4 aliphatic rings. The van der Waals surface area contributed by atoms with E-state index in [0.29, 0.717) is 0 Å². The molecule has 0 radical (unpaired) electrons. The molecule has 2 amide bonds. The first-order chi connectivity index (χ1) is 15.6. The van der Waals surface area contributed by atoms with Gasteiger partial charge in [0.05, 0.1) is 11.8 Å². The lowest BCUT2D eigenvalue weighted by molar-refractivity contribution is -0.153. The van der Waals surface area contributed by atoms with Gasteiger partial charge >= 0.3 is 5.97 Å². The van der Waals surface area contributed by atoms with Gasteiger partial charge in [-0.05, 0) is 27.8 Å². The number of esters is 1. The van der Waals surface area contributed by atoms with Gasteiger partial charge < -0.3 is 4.74 Å². The summed E-state index contributed by atoms with van der Waals surface area (Å²) in [6.07, 6.45) is 0. The van der Waals surface area contributed by atoms with E-state index in [-0.39, 0.29) is 36.8 Å². The molecule has 2 bridgehead atoms. The molecule has 0 N–H and O–H groups in total. The third-order valence-electron chi connectivity index (χ3n) is 7.07. The van der Waals surface area contributed by atoms with Crippen LogP contribution in [0.4, 0.5) is 0 Å². The number of carbonyl (C=O) groups is 3. The number of hydrogen-bond acceptors (Lipinski definition) is 4. The number of benzene rings is 3. The first kappa shape index (κ1) is 19.0. The average Bonchev–Trinajstić information content (AvgIpc) is 3.09. The van der Waals surface area contributed by atoms with Gasteiger partial charge in [0, 0.05) is 11.8 Å². The van der Waals surface area contributed by atoms with Crippen LogP contribution in [0.5, 0.6) is 0 Å². The van der Waals surface area contributed by atoms with Gasteiger partial charge in [0.2, 0.25) is 11.8 Å². The van der Waals surface area contributed by atoms with Crippen LogP contribution in [0.1, 0.15) is 39.7 Å². The van der Waals surface area contributed by atoms with E-state index in [0.717, 1.165) is 32.7 Å². The Labute approximate surface area is 185 Å². The largest absolute Gasteiger partial charge is 0.459 e. The van der Waals surface area contributed by atoms with Crippen molar-refractivity contribution in [2.24, 2.45) is 11.8 Å². The van der Waals surface area contributed by atoms with Gasteiger partial charge in [0.1, 0.15) is 13.2 Å². The number of carbonyl (C=O) groups excluding carboxylic acids is 3. The molecule has 158 valence electrons. The normalized spacial score (nSPS) is 24.7. The maximum absolute atomic E-state index is 13.5. The molecule has 3 aromatic rings. The van der Waals surface area contributed by atoms with Crippen molar-refractivity contribution < 1.29 is 19.1 Å². The van der Waals surface area contributed by atoms with Gasteiger partial charge in [-0.15, -0.1) is 0 Å². The fourth-order valence-electron chi connectivity index (χ4n) is 5.81. The third-order valence-corrected chi connectivity index (χ3v) is 7.07. The SMILES string of the molecule is O=C(CN1C(=O)[C@H]2C3c4ccccc4C(c4ccccc43)[C@@H]2C1=O)OCc1ccccc1. The highest BCUT2D eigenvalue weighted by Crippen LogP contribution is 2.60. The van der Waals surface area contributed by atoms with Crippen LogP contribution in [0.15, 0.2) is 78.9 Å². The molecule has 5 nitrogen and oxygen atoms in total. The summed E-state index contributed by atoms with van der Waals surface area (Å²) >= 11 is 0. The summed E-state index contributed by atoms with van der Waals surface area (Å²) in [5.41, 5.74) is 5.33. The molecule has 1 fully saturated rings. The molecule has 0 spiro atoms. The number of imide groups is 1. The van der Waals surface area contributed by atoms with E-state index in [9.17, 15) is 14.4 Å². The van der Waals surface area contributed by atoms with Crippen LogP contribution in [-0.2, 0) is 25.7 Å². The number of rotatable bonds is 4.